The summed E-state index contributed by atoms with van der Waals surface area (Å²) in [6.07, 6.45) is 5.34. The van der Waals surface area contributed by atoms with E-state index < -0.39 is 5.97 Å². The number of unbranched alkanes of at least 4 members (excludes halogenated alkanes) is 1. The highest BCUT2D eigenvalue weighted by molar-refractivity contribution is 5.76. The van der Waals surface area contributed by atoms with Gasteiger partial charge < -0.3 is 5.11 Å². The van der Waals surface area contributed by atoms with Gasteiger partial charge in [-0.15, -0.1) is 0 Å². The van der Waals surface area contributed by atoms with E-state index in [0.29, 0.717) is 5.92 Å². The highest BCUT2D eigenvalue weighted by atomic mass is 16.4. The third kappa shape index (κ3) is 4.70. The largest absolute Gasteiger partial charge is 0.481 e. The number of hydrogen-bond acceptors (Lipinski definition) is 1. The normalized spacial score (nSPS) is 14.1. The molecular formula is C17H26O2. The van der Waals surface area contributed by atoms with Crippen molar-refractivity contribution < 1.29 is 9.90 Å². The molecule has 0 heterocycles. The lowest BCUT2D eigenvalue weighted by molar-refractivity contribution is -0.139. The third-order valence-electron chi connectivity index (χ3n) is 3.97. The summed E-state index contributed by atoms with van der Waals surface area (Å²) >= 11 is 0. The standard InChI is InChI=1S/C17H26O2/c1-4-6-10-14(5-2)12-16(17(18)19)15-11-8-7-9-13(15)3/h7-9,11,14,16H,4-6,10,12H2,1-3H3,(H,18,19). The quantitative estimate of drug-likeness (QED) is 0.732. The molecule has 0 radical (unpaired) electrons. The van der Waals surface area contributed by atoms with Crippen LogP contribution >= 0.6 is 0 Å². The second kappa shape index (κ2) is 7.98. The Morgan fingerprint density at radius 2 is 1.95 bits per heavy atom. The van der Waals surface area contributed by atoms with Crippen LogP contribution in [0, 0.1) is 12.8 Å². The van der Waals surface area contributed by atoms with E-state index in [1.54, 1.807) is 0 Å². The van der Waals surface area contributed by atoms with Crippen molar-refractivity contribution in [2.45, 2.75) is 58.8 Å². The summed E-state index contributed by atoms with van der Waals surface area (Å²) in [6.45, 7) is 6.35. The van der Waals surface area contributed by atoms with Crippen LogP contribution in [0.5, 0.6) is 0 Å². The summed E-state index contributed by atoms with van der Waals surface area (Å²) in [5.41, 5.74) is 2.06. The molecule has 2 atom stereocenters. The molecule has 0 saturated heterocycles. The Kier molecular flexibility index (Phi) is 6.61. The zero-order valence-corrected chi connectivity index (χ0v) is 12.4. The molecule has 2 unspecified atom stereocenters. The van der Waals surface area contributed by atoms with Crippen molar-refractivity contribution in [1.82, 2.24) is 0 Å². The topological polar surface area (TPSA) is 37.3 Å². The molecule has 1 rings (SSSR count). The first-order chi connectivity index (χ1) is 9.10. The van der Waals surface area contributed by atoms with E-state index in [0.717, 1.165) is 30.4 Å². The van der Waals surface area contributed by atoms with Crippen LogP contribution in [-0.2, 0) is 4.79 Å². The number of benzene rings is 1. The molecule has 1 N–H and O–H groups in total. The molecule has 0 saturated carbocycles. The van der Waals surface area contributed by atoms with Crippen molar-refractivity contribution in [3.8, 4) is 0 Å². The molecule has 1 aromatic carbocycles. The maximum atomic E-state index is 11.6. The Morgan fingerprint density at radius 3 is 2.47 bits per heavy atom. The van der Waals surface area contributed by atoms with E-state index in [-0.39, 0.29) is 5.92 Å². The molecule has 0 aliphatic heterocycles. The van der Waals surface area contributed by atoms with E-state index >= 15 is 0 Å². The molecule has 0 aliphatic rings. The highest BCUT2D eigenvalue weighted by Gasteiger charge is 2.24. The van der Waals surface area contributed by atoms with Crippen molar-refractivity contribution in [1.29, 1.82) is 0 Å². The smallest absolute Gasteiger partial charge is 0.310 e. The molecule has 19 heavy (non-hydrogen) atoms. The monoisotopic (exact) mass is 262 g/mol. The van der Waals surface area contributed by atoms with E-state index in [2.05, 4.69) is 13.8 Å². The summed E-state index contributed by atoms with van der Waals surface area (Å²) in [6, 6.07) is 7.86. The van der Waals surface area contributed by atoms with Gasteiger partial charge in [0.05, 0.1) is 5.92 Å². The minimum Gasteiger partial charge on any atom is -0.481 e. The fourth-order valence-corrected chi connectivity index (χ4v) is 2.65. The average molecular weight is 262 g/mol. The first-order valence-corrected chi connectivity index (χ1v) is 7.38. The molecule has 0 amide bonds. The molecule has 0 fully saturated rings. The van der Waals surface area contributed by atoms with Crippen LogP contribution in [0.15, 0.2) is 24.3 Å². The van der Waals surface area contributed by atoms with Gasteiger partial charge in [0, 0.05) is 0 Å². The van der Waals surface area contributed by atoms with E-state index in [1.807, 2.05) is 31.2 Å². The maximum absolute atomic E-state index is 11.6. The van der Waals surface area contributed by atoms with Crippen LogP contribution in [0.1, 0.15) is 63.0 Å². The number of hydrogen-bond donors (Lipinski definition) is 1. The molecular weight excluding hydrogens is 236 g/mol. The molecule has 0 bridgehead atoms. The van der Waals surface area contributed by atoms with Crippen molar-refractivity contribution in [2.24, 2.45) is 5.92 Å². The van der Waals surface area contributed by atoms with Gasteiger partial charge in [0.1, 0.15) is 0 Å². The lowest BCUT2D eigenvalue weighted by Gasteiger charge is -2.21. The second-order valence-corrected chi connectivity index (χ2v) is 5.40. The minimum absolute atomic E-state index is 0.358. The summed E-state index contributed by atoms with van der Waals surface area (Å²) in [5, 5.41) is 9.52. The van der Waals surface area contributed by atoms with Crippen LogP contribution in [-0.4, -0.2) is 11.1 Å². The Morgan fingerprint density at radius 1 is 1.26 bits per heavy atom. The Hall–Kier alpha value is -1.31. The number of carboxylic acids is 1. The fourth-order valence-electron chi connectivity index (χ4n) is 2.65. The first kappa shape index (κ1) is 15.7. The number of carboxylic acid groups (broad SMARTS) is 1. The summed E-state index contributed by atoms with van der Waals surface area (Å²) < 4.78 is 0. The highest BCUT2D eigenvalue weighted by Crippen LogP contribution is 2.30. The van der Waals surface area contributed by atoms with Gasteiger partial charge in [0.25, 0.3) is 0 Å². The SMILES string of the molecule is CCCCC(CC)CC(C(=O)O)c1ccccc1C. The lowest BCUT2D eigenvalue weighted by Crippen LogP contribution is -2.17. The Balaban J connectivity index is 2.84. The molecule has 0 spiro atoms. The van der Waals surface area contributed by atoms with Gasteiger partial charge in [-0.25, -0.2) is 0 Å². The maximum Gasteiger partial charge on any atom is 0.310 e. The van der Waals surface area contributed by atoms with Gasteiger partial charge >= 0.3 is 5.97 Å². The zero-order chi connectivity index (χ0) is 14.3. The van der Waals surface area contributed by atoms with Crippen LogP contribution in [0.4, 0.5) is 0 Å². The summed E-state index contributed by atoms with van der Waals surface area (Å²) in [4.78, 5) is 11.6. The molecule has 106 valence electrons. The van der Waals surface area contributed by atoms with Crippen molar-refractivity contribution >= 4 is 5.97 Å². The lowest BCUT2D eigenvalue weighted by atomic mass is 9.83. The van der Waals surface area contributed by atoms with Gasteiger partial charge in [-0.2, -0.15) is 0 Å². The van der Waals surface area contributed by atoms with Gasteiger partial charge in [-0.1, -0.05) is 63.8 Å². The molecule has 0 aliphatic carbocycles. The van der Waals surface area contributed by atoms with Crippen LogP contribution < -0.4 is 0 Å². The van der Waals surface area contributed by atoms with Crippen molar-refractivity contribution in [3.05, 3.63) is 35.4 Å². The molecule has 1 aromatic rings. The zero-order valence-electron chi connectivity index (χ0n) is 12.4. The second-order valence-electron chi connectivity index (χ2n) is 5.40. The minimum atomic E-state index is -0.691. The van der Waals surface area contributed by atoms with Gasteiger partial charge in [-0.05, 0) is 30.4 Å². The fraction of sp³-hybridized carbons (Fsp3) is 0.588. The molecule has 2 nitrogen and oxygen atoms in total. The first-order valence-electron chi connectivity index (χ1n) is 7.38. The average Bonchev–Trinajstić information content (AvgIpc) is 2.40. The molecule has 2 heteroatoms. The van der Waals surface area contributed by atoms with Gasteiger partial charge in [0.2, 0.25) is 0 Å². The molecule has 0 aromatic heterocycles. The Bertz CT molecular complexity index is 398. The van der Waals surface area contributed by atoms with Crippen LogP contribution in [0.2, 0.25) is 0 Å². The van der Waals surface area contributed by atoms with Crippen LogP contribution in [0.3, 0.4) is 0 Å². The van der Waals surface area contributed by atoms with E-state index in [9.17, 15) is 9.90 Å². The van der Waals surface area contributed by atoms with Crippen molar-refractivity contribution in [3.63, 3.8) is 0 Å². The number of aliphatic carboxylic acids is 1. The number of aryl methyl sites for hydroxylation is 1. The number of rotatable bonds is 8. The van der Waals surface area contributed by atoms with E-state index in [1.165, 1.54) is 12.8 Å². The number of carbonyl (C=O) groups is 1. The summed E-state index contributed by atoms with van der Waals surface area (Å²) in [7, 11) is 0. The summed E-state index contributed by atoms with van der Waals surface area (Å²) in [5.74, 6) is -0.534. The Labute approximate surface area is 116 Å². The van der Waals surface area contributed by atoms with E-state index in [4.69, 9.17) is 0 Å². The van der Waals surface area contributed by atoms with Crippen molar-refractivity contribution in [2.75, 3.05) is 0 Å². The van der Waals surface area contributed by atoms with Gasteiger partial charge in [-0.3, -0.25) is 4.79 Å². The van der Waals surface area contributed by atoms with Gasteiger partial charge in [0.15, 0.2) is 0 Å². The third-order valence-corrected chi connectivity index (χ3v) is 3.97. The predicted octanol–water partition coefficient (Wildman–Crippen LogP) is 4.77. The van der Waals surface area contributed by atoms with Crippen LogP contribution in [0.25, 0.3) is 0 Å². The predicted molar refractivity (Wildman–Crippen MR) is 79.5 cm³/mol.